The number of carbonyl (C=O) groups excluding carboxylic acids is 2. The Balaban J connectivity index is 1.56. The van der Waals surface area contributed by atoms with Gasteiger partial charge < -0.3 is 9.47 Å². The van der Waals surface area contributed by atoms with Crippen molar-refractivity contribution in [3.05, 3.63) is 58.1 Å². The standard InChI is InChI=1S/C19H19Cl2N3O6S/c20-14-4-5-17(16(21)11-14)30-12-18(25)22-23-19(26)13-2-1-3-15(10-13)31(27,28)24-6-8-29-9-7-24/h1-5,10-11H,6-9,12H2,(H,22,25)(H,23,26). The van der Waals surface area contributed by atoms with Gasteiger partial charge in [0.15, 0.2) is 6.61 Å². The molecule has 1 fully saturated rings. The SMILES string of the molecule is O=C(COc1ccc(Cl)cc1Cl)NNC(=O)c1cccc(S(=O)(=O)N2CCOCC2)c1. The van der Waals surface area contributed by atoms with E-state index in [0.717, 1.165) is 0 Å². The maximum Gasteiger partial charge on any atom is 0.276 e. The number of morpholine rings is 1. The summed E-state index contributed by atoms with van der Waals surface area (Å²) >= 11 is 11.8. The molecule has 0 atom stereocenters. The number of benzene rings is 2. The Morgan fingerprint density at radius 3 is 2.52 bits per heavy atom. The van der Waals surface area contributed by atoms with Crippen molar-refractivity contribution in [3.8, 4) is 5.75 Å². The Morgan fingerprint density at radius 1 is 1.06 bits per heavy atom. The number of hydrazine groups is 1. The van der Waals surface area contributed by atoms with Crippen LogP contribution in [-0.4, -0.2) is 57.4 Å². The summed E-state index contributed by atoms with van der Waals surface area (Å²) in [4.78, 5) is 24.2. The van der Waals surface area contributed by atoms with Gasteiger partial charge in [-0.3, -0.25) is 20.4 Å². The van der Waals surface area contributed by atoms with Gasteiger partial charge in [-0.2, -0.15) is 4.31 Å². The molecule has 1 aliphatic heterocycles. The van der Waals surface area contributed by atoms with Crippen molar-refractivity contribution >= 4 is 45.0 Å². The van der Waals surface area contributed by atoms with Gasteiger partial charge in [-0.05, 0) is 36.4 Å². The highest BCUT2D eigenvalue weighted by Crippen LogP contribution is 2.27. The Hall–Kier alpha value is -2.37. The lowest BCUT2D eigenvalue weighted by Gasteiger charge is -2.26. The van der Waals surface area contributed by atoms with Gasteiger partial charge in [0.2, 0.25) is 10.0 Å². The van der Waals surface area contributed by atoms with E-state index in [-0.39, 0.29) is 34.3 Å². The van der Waals surface area contributed by atoms with Crippen LogP contribution in [0.5, 0.6) is 5.75 Å². The first-order chi connectivity index (χ1) is 14.8. The van der Waals surface area contributed by atoms with E-state index < -0.39 is 28.4 Å². The van der Waals surface area contributed by atoms with E-state index >= 15 is 0 Å². The zero-order chi connectivity index (χ0) is 22.4. The van der Waals surface area contributed by atoms with Gasteiger partial charge in [0, 0.05) is 23.7 Å². The predicted molar refractivity (Wildman–Crippen MR) is 114 cm³/mol. The molecule has 3 rings (SSSR count). The Bertz CT molecular complexity index is 1070. The van der Waals surface area contributed by atoms with Crippen LogP contribution in [0, 0.1) is 0 Å². The van der Waals surface area contributed by atoms with Crippen molar-refractivity contribution in [2.75, 3.05) is 32.9 Å². The molecule has 0 unspecified atom stereocenters. The summed E-state index contributed by atoms with van der Waals surface area (Å²) < 4.78 is 37.2. The number of rotatable bonds is 6. The molecule has 0 aromatic heterocycles. The zero-order valence-corrected chi connectivity index (χ0v) is 18.5. The first-order valence-corrected chi connectivity index (χ1v) is 11.3. The lowest BCUT2D eigenvalue weighted by Crippen LogP contribution is -2.44. The van der Waals surface area contributed by atoms with Crippen molar-refractivity contribution in [3.63, 3.8) is 0 Å². The van der Waals surface area contributed by atoms with Gasteiger partial charge in [0.05, 0.1) is 23.1 Å². The van der Waals surface area contributed by atoms with Gasteiger partial charge in [0.1, 0.15) is 5.75 Å². The van der Waals surface area contributed by atoms with Crippen LogP contribution in [0.25, 0.3) is 0 Å². The minimum Gasteiger partial charge on any atom is -0.482 e. The second-order valence-electron chi connectivity index (χ2n) is 6.41. The monoisotopic (exact) mass is 487 g/mol. The third-order valence-corrected chi connectivity index (χ3v) is 6.70. The highest BCUT2D eigenvalue weighted by atomic mass is 35.5. The molecule has 2 aromatic carbocycles. The van der Waals surface area contributed by atoms with Crippen LogP contribution in [0.1, 0.15) is 10.4 Å². The molecule has 166 valence electrons. The molecule has 1 heterocycles. The van der Waals surface area contributed by atoms with Crippen LogP contribution in [0.4, 0.5) is 0 Å². The minimum absolute atomic E-state index is 0.0194. The third-order valence-electron chi connectivity index (χ3n) is 4.27. The summed E-state index contributed by atoms with van der Waals surface area (Å²) in [6.45, 7) is 0.704. The highest BCUT2D eigenvalue weighted by molar-refractivity contribution is 7.89. The zero-order valence-electron chi connectivity index (χ0n) is 16.1. The first-order valence-electron chi connectivity index (χ1n) is 9.12. The maximum absolute atomic E-state index is 12.7. The number of nitrogens with one attached hydrogen (secondary N) is 2. The van der Waals surface area contributed by atoms with Gasteiger partial charge in [-0.1, -0.05) is 29.3 Å². The largest absolute Gasteiger partial charge is 0.482 e. The average molecular weight is 488 g/mol. The second-order valence-corrected chi connectivity index (χ2v) is 9.19. The number of hydrogen-bond acceptors (Lipinski definition) is 6. The molecule has 0 aliphatic carbocycles. The quantitative estimate of drug-likeness (QED) is 0.601. The van der Waals surface area contributed by atoms with E-state index in [2.05, 4.69) is 10.9 Å². The van der Waals surface area contributed by atoms with Crippen LogP contribution in [-0.2, 0) is 19.6 Å². The fourth-order valence-corrected chi connectivity index (χ4v) is 4.62. The topological polar surface area (TPSA) is 114 Å². The molecule has 0 bridgehead atoms. The Labute approximate surface area is 189 Å². The third kappa shape index (κ3) is 6.08. The lowest BCUT2D eigenvalue weighted by molar-refractivity contribution is -0.123. The fourth-order valence-electron chi connectivity index (χ4n) is 2.70. The van der Waals surface area contributed by atoms with Crippen molar-refractivity contribution in [1.29, 1.82) is 0 Å². The van der Waals surface area contributed by atoms with Crippen LogP contribution in [0.3, 0.4) is 0 Å². The number of nitrogens with zero attached hydrogens (tertiary/aromatic N) is 1. The molecule has 0 radical (unpaired) electrons. The smallest absolute Gasteiger partial charge is 0.276 e. The second kappa shape index (κ2) is 10.3. The van der Waals surface area contributed by atoms with Crippen molar-refractivity contribution in [2.45, 2.75) is 4.90 Å². The molecular formula is C19H19Cl2N3O6S. The van der Waals surface area contributed by atoms with Crippen molar-refractivity contribution in [1.82, 2.24) is 15.2 Å². The molecule has 31 heavy (non-hydrogen) atoms. The lowest BCUT2D eigenvalue weighted by atomic mass is 10.2. The van der Waals surface area contributed by atoms with Crippen LogP contribution in [0.15, 0.2) is 47.4 Å². The van der Waals surface area contributed by atoms with E-state index in [9.17, 15) is 18.0 Å². The minimum atomic E-state index is -3.75. The van der Waals surface area contributed by atoms with Crippen LogP contribution >= 0.6 is 23.2 Å². The molecule has 0 spiro atoms. The maximum atomic E-state index is 12.7. The summed E-state index contributed by atoms with van der Waals surface area (Å²) in [6.07, 6.45) is 0. The molecule has 2 amide bonds. The van der Waals surface area contributed by atoms with Gasteiger partial charge in [-0.15, -0.1) is 0 Å². The molecular weight excluding hydrogens is 469 g/mol. The van der Waals surface area contributed by atoms with Crippen molar-refractivity contribution < 1.29 is 27.5 Å². The number of amides is 2. The Kier molecular flexibility index (Phi) is 7.74. The first kappa shape index (κ1) is 23.3. The number of halogens is 2. The summed E-state index contributed by atoms with van der Waals surface area (Å²) in [5.41, 5.74) is 4.48. The summed E-state index contributed by atoms with van der Waals surface area (Å²) in [7, 11) is -3.75. The number of sulfonamides is 1. The summed E-state index contributed by atoms with van der Waals surface area (Å²) in [6, 6.07) is 10.1. The highest BCUT2D eigenvalue weighted by Gasteiger charge is 2.26. The van der Waals surface area contributed by atoms with Crippen LogP contribution < -0.4 is 15.6 Å². The molecule has 1 saturated heterocycles. The Morgan fingerprint density at radius 2 is 1.81 bits per heavy atom. The molecule has 2 aromatic rings. The van der Waals surface area contributed by atoms with E-state index in [1.807, 2.05) is 0 Å². The van der Waals surface area contributed by atoms with Gasteiger partial charge in [-0.25, -0.2) is 8.42 Å². The molecule has 0 saturated carbocycles. The van der Waals surface area contributed by atoms with E-state index in [1.165, 1.54) is 40.7 Å². The van der Waals surface area contributed by atoms with E-state index in [4.69, 9.17) is 32.7 Å². The van der Waals surface area contributed by atoms with Crippen LogP contribution in [0.2, 0.25) is 10.0 Å². The molecule has 12 heteroatoms. The normalized spacial score (nSPS) is 14.6. The van der Waals surface area contributed by atoms with Gasteiger partial charge >= 0.3 is 0 Å². The summed E-state index contributed by atoms with van der Waals surface area (Å²) in [5, 5.41) is 0.662. The molecule has 1 aliphatic rings. The number of hydrogen-bond donors (Lipinski definition) is 2. The van der Waals surface area contributed by atoms with Gasteiger partial charge in [0.25, 0.3) is 11.8 Å². The van der Waals surface area contributed by atoms with E-state index in [0.29, 0.717) is 18.2 Å². The average Bonchev–Trinajstić information content (AvgIpc) is 2.77. The fraction of sp³-hybridized carbons (Fsp3) is 0.263. The van der Waals surface area contributed by atoms with Crippen molar-refractivity contribution in [2.24, 2.45) is 0 Å². The number of carbonyl (C=O) groups is 2. The predicted octanol–water partition coefficient (Wildman–Crippen LogP) is 1.85. The molecule has 2 N–H and O–H groups in total. The summed E-state index contributed by atoms with van der Waals surface area (Å²) in [5.74, 6) is -1.07. The van der Waals surface area contributed by atoms with E-state index in [1.54, 1.807) is 6.07 Å². The number of ether oxygens (including phenoxy) is 2. The molecule has 9 nitrogen and oxygen atoms in total.